The average Bonchev–Trinajstić information content (AvgIpc) is 2.81. The Labute approximate surface area is 109 Å². The number of carbonyl (C=O) groups is 1. The molecule has 18 heavy (non-hydrogen) atoms. The van der Waals surface area contributed by atoms with Gasteiger partial charge in [0.1, 0.15) is 10.6 Å². The topological polar surface area (TPSA) is 48.4 Å². The molecular weight excluding hydrogens is 250 g/mol. The van der Waals surface area contributed by atoms with E-state index in [1.54, 1.807) is 25.3 Å². The van der Waals surface area contributed by atoms with Gasteiger partial charge in [0.2, 0.25) is 0 Å². The molecule has 2 aromatic heterocycles. The maximum Gasteiger partial charge on any atom is 0.348 e. The van der Waals surface area contributed by atoms with Crippen LogP contribution in [0.1, 0.15) is 22.3 Å². The minimum atomic E-state index is -0.320. The summed E-state index contributed by atoms with van der Waals surface area (Å²) >= 11 is 1.26. The number of ether oxygens (including phenoxy) is 2. The van der Waals surface area contributed by atoms with E-state index in [0.717, 1.165) is 5.69 Å². The number of rotatable bonds is 4. The molecule has 0 N–H and O–H groups in total. The van der Waals surface area contributed by atoms with Gasteiger partial charge in [-0.05, 0) is 38.1 Å². The minimum Gasteiger partial charge on any atom is -0.462 e. The number of carbonyl (C=O) groups excluding carboxylic acids is 1. The lowest BCUT2D eigenvalue weighted by Crippen LogP contribution is -2.01. The van der Waals surface area contributed by atoms with E-state index in [-0.39, 0.29) is 5.97 Å². The first-order valence-corrected chi connectivity index (χ1v) is 6.38. The summed E-state index contributed by atoms with van der Waals surface area (Å²) in [5.74, 6) is 0.331. The second-order valence-corrected chi connectivity index (χ2v) is 4.62. The van der Waals surface area contributed by atoms with Crippen molar-refractivity contribution in [2.24, 2.45) is 0 Å². The van der Waals surface area contributed by atoms with Crippen LogP contribution < -0.4 is 4.74 Å². The zero-order valence-corrected chi connectivity index (χ0v) is 11.0. The molecule has 94 valence electrons. The van der Waals surface area contributed by atoms with Crippen LogP contribution in [0.15, 0.2) is 30.5 Å². The molecule has 2 heterocycles. The molecule has 0 atom stereocenters. The van der Waals surface area contributed by atoms with Gasteiger partial charge in [0.05, 0.1) is 12.8 Å². The molecule has 0 spiro atoms. The Hall–Kier alpha value is -1.88. The van der Waals surface area contributed by atoms with Crippen LogP contribution >= 0.6 is 11.3 Å². The number of hydrogen-bond donors (Lipinski definition) is 0. The first-order chi connectivity index (χ1) is 8.69. The van der Waals surface area contributed by atoms with Crippen LogP contribution in [0, 0.1) is 6.92 Å². The standard InChI is InChI=1S/C13H13NO3S/c1-3-16-13(15)11-6-7-12(18-11)17-10-5-4-9(2)14-8-10/h4-8H,3H2,1-2H3. The number of aromatic nitrogens is 1. The second kappa shape index (κ2) is 5.64. The Balaban J connectivity index is 2.06. The lowest BCUT2D eigenvalue weighted by Gasteiger charge is -2.01. The van der Waals surface area contributed by atoms with Crippen LogP contribution in [-0.4, -0.2) is 17.6 Å². The van der Waals surface area contributed by atoms with E-state index in [9.17, 15) is 4.79 Å². The highest BCUT2D eigenvalue weighted by Gasteiger charge is 2.11. The van der Waals surface area contributed by atoms with Crippen molar-refractivity contribution in [1.29, 1.82) is 0 Å². The van der Waals surface area contributed by atoms with Gasteiger partial charge in [-0.25, -0.2) is 4.79 Å². The number of pyridine rings is 1. The van der Waals surface area contributed by atoms with Crippen molar-refractivity contribution in [2.45, 2.75) is 13.8 Å². The minimum absolute atomic E-state index is 0.320. The van der Waals surface area contributed by atoms with E-state index in [1.165, 1.54) is 11.3 Å². The SMILES string of the molecule is CCOC(=O)c1ccc(Oc2ccc(C)nc2)s1. The zero-order valence-electron chi connectivity index (χ0n) is 10.2. The highest BCUT2D eigenvalue weighted by Crippen LogP contribution is 2.29. The molecule has 0 saturated heterocycles. The van der Waals surface area contributed by atoms with E-state index in [2.05, 4.69) is 4.98 Å². The van der Waals surface area contributed by atoms with Crippen molar-refractivity contribution < 1.29 is 14.3 Å². The molecule has 0 amide bonds. The van der Waals surface area contributed by atoms with Crippen molar-refractivity contribution >= 4 is 17.3 Å². The third kappa shape index (κ3) is 3.07. The third-order valence-electron chi connectivity index (χ3n) is 2.16. The molecule has 0 aromatic carbocycles. The first kappa shape index (κ1) is 12.6. The van der Waals surface area contributed by atoms with Crippen molar-refractivity contribution in [1.82, 2.24) is 4.98 Å². The number of aryl methyl sites for hydroxylation is 1. The quantitative estimate of drug-likeness (QED) is 0.793. The van der Waals surface area contributed by atoms with E-state index in [1.807, 2.05) is 19.1 Å². The molecule has 0 unspecified atom stereocenters. The van der Waals surface area contributed by atoms with Gasteiger partial charge in [0.15, 0.2) is 5.06 Å². The number of thiophene rings is 1. The summed E-state index contributed by atoms with van der Waals surface area (Å²) in [6, 6.07) is 7.15. The Kier molecular flexibility index (Phi) is 3.94. The van der Waals surface area contributed by atoms with Crippen molar-refractivity contribution in [3.63, 3.8) is 0 Å². The Morgan fingerprint density at radius 3 is 2.83 bits per heavy atom. The van der Waals surface area contributed by atoms with Gasteiger partial charge < -0.3 is 9.47 Å². The van der Waals surface area contributed by atoms with Gasteiger partial charge >= 0.3 is 5.97 Å². The van der Waals surface area contributed by atoms with Crippen LogP contribution in [0.5, 0.6) is 10.8 Å². The Bertz CT molecular complexity index is 533. The monoisotopic (exact) mass is 263 g/mol. The van der Waals surface area contributed by atoms with Crippen LogP contribution in [-0.2, 0) is 4.74 Å². The van der Waals surface area contributed by atoms with Crippen LogP contribution in [0.2, 0.25) is 0 Å². The van der Waals surface area contributed by atoms with E-state index < -0.39 is 0 Å². The molecule has 0 aliphatic heterocycles. The van der Waals surface area contributed by atoms with Crippen molar-refractivity contribution in [2.75, 3.05) is 6.61 Å². The maximum atomic E-state index is 11.5. The average molecular weight is 263 g/mol. The van der Waals surface area contributed by atoms with E-state index >= 15 is 0 Å². The fourth-order valence-electron chi connectivity index (χ4n) is 1.32. The summed E-state index contributed by atoms with van der Waals surface area (Å²) in [5, 5.41) is 0.642. The second-order valence-electron chi connectivity index (χ2n) is 3.58. The highest BCUT2D eigenvalue weighted by molar-refractivity contribution is 7.15. The van der Waals surface area contributed by atoms with Gasteiger partial charge in [-0.3, -0.25) is 4.98 Å². The Morgan fingerprint density at radius 2 is 2.17 bits per heavy atom. The largest absolute Gasteiger partial charge is 0.462 e. The molecule has 0 aliphatic rings. The molecule has 0 aliphatic carbocycles. The predicted molar refractivity (Wildman–Crippen MR) is 69.3 cm³/mol. The van der Waals surface area contributed by atoms with Crippen LogP contribution in [0.3, 0.4) is 0 Å². The van der Waals surface area contributed by atoms with Gasteiger partial charge in [-0.1, -0.05) is 11.3 Å². The molecule has 0 saturated carbocycles. The van der Waals surface area contributed by atoms with Gasteiger partial charge in [0.25, 0.3) is 0 Å². The lowest BCUT2D eigenvalue weighted by atomic mass is 10.4. The van der Waals surface area contributed by atoms with E-state index in [4.69, 9.17) is 9.47 Å². The van der Waals surface area contributed by atoms with Gasteiger partial charge in [0, 0.05) is 5.69 Å². The molecule has 0 bridgehead atoms. The predicted octanol–water partition coefficient (Wildman–Crippen LogP) is 3.42. The molecule has 4 nitrogen and oxygen atoms in total. The molecule has 0 fully saturated rings. The van der Waals surface area contributed by atoms with E-state index in [0.29, 0.717) is 22.3 Å². The summed E-state index contributed by atoms with van der Waals surface area (Å²) in [7, 11) is 0. The summed E-state index contributed by atoms with van der Waals surface area (Å²) < 4.78 is 10.5. The van der Waals surface area contributed by atoms with Crippen LogP contribution in [0.4, 0.5) is 0 Å². The number of esters is 1. The molecule has 2 rings (SSSR count). The molecule has 5 heteroatoms. The summed E-state index contributed by atoms with van der Waals surface area (Å²) in [6.45, 7) is 4.06. The Morgan fingerprint density at radius 1 is 1.33 bits per heavy atom. The third-order valence-corrected chi connectivity index (χ3v) is 3.10. The number of nitrogens with zero attached hydrogens (tertiary/aromatic N) is 1. The first-order valence-electron chi connectivity index (χ1n) is 5.56. The smallest absolute Gasteiger partial charge is 0.348 e. The maximum absolute atomic E-state index is 11.5. The highest BCUT2D eigenvalue weighted by atomic mass is 32.1. The fraction of sp³-hybridized carbons (Fsp3) is 0.231. The fourth-order valence-corrected chi connectivity index (χ4v) is 2.09. The summed E-state index contributed by atoms with van der Waals surface area (Å²) in [4.78, 5) is 16.1. The molecular formula is C13H13NO3S. The van der Waals surface area contributed by atoms with Crippen molar-refractivity contribution in [3.05, 3.63) is 41.0 Å². The zero-order chi connectivity index (χ0) is 13.0. The lowest BCUT2D eigenvalue weighted by molar-refractivity contribution is 0.0532. The van der Waals surface area contributed by atoms with Crippen LogP contribution in [0.25, 0.3) is 0 Å². The summed E-state index contributed by atoms with van der Waals surface area (Å²) in [6.07, 6.45) is 1.65. The normalized spacial score (nSPS) is 10.1. The molecule has 2 aromatic rings. The van der Waals surface area contributed by atoms with Gasteiger partial charge in [-0.2, -0.15) is 0 Å². The molecule has 0 radical (unpaired) electrons. The van der Waals surface area contributed by atoms with Gasteiger partial charge in [-0.15, -0.1) is 0 Å². The van der Waals surface area contributed by atoms with Crippen molar-refractivity contribution in [3.8, 4) is 10.8 Å². The summed E-state index contributed by atoms with van der Waals surface area (Å²) in [5.41, 5.74) is 0.931. The number of hydrogen-bond acceptors (Lipinski definition) is 5.